The zero-order valence-electron chi connectivity index (χ0n) is 9.96. The van der Waals surface area contributed by atoms with Gasteiger partial charge in [0, 0.05) is 13.5 Å². The molecule has 2 N–H and O–H groups in total. The summed E-state index contributed by atoms with van der Waals surface area (Å²) in [5.74, 6) is 1.35. The first-order valence-corrected chi connectivity index (χ1v) is 6.49. The summed E-state index contributed by atoms with van der Waals surface area (Å²) in [5.41, 5.74) is 6.92. The maximum atomic E-state index is 5.87. The van der Waals surface area contributed by atoms with Crippen molar-refractivity contribution in [2.45, 2.75) is 39.2 Å². The number of rotatable bonds is 5. The van der Waals surface area contributed by atoms with Crippen LogP contribution in [0, 0.1) is 3.57 Å². The maximum absolute atomic E-state index is 5.87. The Morgan fingerprint density at radius 3 is 2.69 bits per heavy atom. The van der Waals surface area contributed by atoms with E-state index in [1.54, 1.807) is 7.11 Å². The lowest BCUT2D eigenvalue weighted by Gasteiger charge is -2.11. The third-order valence-corrected chi connectivity index (χ3v) is 3.53. The average molecular weight is 335 g/mol. The van der Waals surface area contributed by atoms with Crippen LogP contribution in [0.25, 0.3) is 0 Å². The molecule has 0 fully saturated rings. The van der Waals surface area contributed by atoms with Gasteiger partial charge in [0.2, 0.25) is 0 Å². The van der Waals surface area contributed by atoms with E-state index in [2.05, 4.69) is 39.5 Å². The number of aromatic nitrogens is 2. The lowest BCUT2D eigenvalue weighted by atomic mass is 10.2. The molecule has 0 aliphatic rings. The van der Waals surface area contributed by atoms with E-state index in [0.29, 0.717) is 12.2 Å². The van der Waals surface area contributed by atoms with Crippen LogP contribution in [0.5, 0.6) is 0 Å². The van der Waals surface area contributed by atoms with Crippen LogP contribution >= 0.6 is 22.6 Å². The molecule has 0 radical (unpaired) electrons. The van der Waals surface area contributed by atoms with Crippen molar-refractivity contribution in [2.24, 2.45) is 0 Å². The molecular formula is C11H18IN3O. The smallest absolute Gasteiger partial charge is 0.140 e. The van der Waals surface area contributed by atoms with Crippen LogP contribution in [0.4, 0.5) is 5.82 Å². The molecular weight excluding hydrogens is 317 g/mol. The SMILES string of the molecule is CCCc1nc(CC(C)OC)nc(N)c1I. The largest absolute Gasteiger partial charge is 0.383 e. The van der Waals surface area contributed by atoms with E-state index in [1.807, 2.05) is 6.92 Å². The summed E-state index contributed by atoms with van der Waals surface area (Å²) in [6.07, 6.45) is 2.83. The minimum Gasteiger partial charge on any atom is -0.383 e. The van der Waals surface area contributed by atoms with Gasteiger partial charge < -0.3 is 10.5 Å². The Balaban J connectivity index is 2.94. The van der Waals surface area contributed by atoms with Crippen LogP contribution in [0.3, 0.4) is 0 Å². The van der Waals surface area contributed by atoms with Crippen molar-refractivity contribution < 1.29 is 4.74 Å². The second kappa shape index (κ2) is 6.34. The fraction of sp³-hybridized carbons (Fsp3) is 0.636. The highest BCUT2D eigenvalue weighted by Gasteiger charge is 2.11. The summed E-state index contributed by atoms with van der Waals surface area (Å²) in [7, 11) is 1.69. The summed E-state index contributed by atoms with van der Waals surface area (Å²) < 4.78 is 6.18. The van der Waals surface area contributed by atoms with Crippen molar-refractivity contribution in [3.63, 3.8) is 0 Å². The molecule has 0 aliphatic carbocycles. The van der Waals surface area contributed by atoms with Gasteiger partial charge in [0.05, 0.1) is 15.4 Å². The molecule has 0 spiro atoms. The van der Waals surface area contributed by atoms with Crippen molar-refractivity contribution in [3.05, 3.63) is 15.1 Å². The molecule has 0 aliphatic heterocycles. The number of halogens is 1. The van der Waals surface area contributed by atoms with Gasteiger partial charge in [-0.2, -0.15) is 0 Å². The van der Waals surface area contributed by atoms with E-state index in [1.165, 1.54) is 0 Å². The topological polar surface area (TPSA) is 61.0 Å². The number of ether oxygens (including phenoxy) is 1. The van der Waals surface area contributed by atoms with Crippen molar-refractivity contribution in [2.75, 3.05) is 12.8 Å². The molecule has 0 aromatic carbocycles. The number of anilines is 1. The Hall–Kier alpha value is -0.430. The lowest BCUT2D eigenvalue weighted by Crippen LogP contribution is -2.14. The van der Waals surface area contributed by atoms with Crippen LogP contribution in [-0.4, -0.2) is 23.2 Å². The average Bonchev–Trinajstić information content (AvgIpc) is 2.25. The normalized spacial score (nSPS) is 12.8. The number of methoxy groups -OCH3 is 1. The predicted octanol–water partition coefficient (Wildman–Crippen LogP) is 2.19. The molecule has 0 saturated carbocycles. The molecule has 1 atom stereocenters. The van der Waals surface area contributed by atoms with Crippen LogP contribution in [-0.2, 0) is 17.6 Å². The van der Waals surface area contributed by atoms with Gasteiger partial charge in [0.25, 0.3) is 0 Å². The highest BCUT2D eigenvalue weighted by Crippen LogP contribution is 2.18. The van der Waals surface area contributed by atoms with E-state index in [-0.39, 0.29) is 6.10 Å². The predicted molar refractivity (Wildman–Crippen MR) is 73.3 cm³/mol. The van der Waals surface area contributed by atoms with Crippen molar-refractivity contribution in [3.8, 4) is 0 Å². The standard InChI is InChI=1S/C11H18IN3O/c1-4-5-8-10(12)11(13)15-9(14-8)6-7(2)16-3/h7H,4-6H2,1-3H3,(H2,13,14,15). The van der Waals surface area contributed by atoms with Crippen LogP contribution < -0.4 is 5.73 Å². The second-order valence-corrected chi connectivity index (χ2v) is 4.86. The second-order valence-electron chi connectivity index (χ2n) is 3.79. The third-order valence-electron chi connectivity index (χ3n) is 2.35. The summed E-state index contributed by atoms with van der Waals surface area (Å²) in [5, 5.41) is 0. The molecule has 16 heavy (non-hydrogen) atoms. The van der Waals surface area contributed by atoms with Gasteiger partial charge in [-0.15, -0.1) is 0 Å². The van der Waals surface area contributed by atoms with E-state index in [9.17, 15) is 0 Å². The molecule has 0 amide bonds. The number of nitrogens with two attached hydrogens (primary N) is 1. The zero-order valence-corrected chi connectivity index (χ0v) is 12.1. The van der Waals surface area contributed by atoms with Crippen molar-refractivity contribution in [1.82, 2.24) is 9.97 Å². The lowest BCUT2D eigenvalue weighted by molar-refractivity contribution is 0.117. The first-order valence-electron chi connectivity index (χ1n) is 5.42. The van der Waals surface area contributed by atoms with E-state index in [4.69, 9.17) is 10.5 Å². The Morgan fingerprint density at radius 1 is 1.44 bits per heavy atom. The van der Waals surface area contributed by atoms with Crippen LogP contribution in [0.1, 0.15) is 31.8 Å². The fourth-order valence-corrected chi connectivity index (χ4v) is 1.91. The Labute approximate surface area is 110 Å². The Kier molecular flexibility index (Phi) is 5.40. The molecule has 1 heterocycles. The van der Waals surface area contributed by atoms with Gasteiger partial charge in [-0.25, -0.2) is 9.97 Å². The number of nitrogens with zero attached hydrogens (tertiary/aromatic N) is 2. The van der Waals surface area contributed by atoms with Gasteiger partial charge in [-0.05, 0) is 35.9 Å². The van der Waals surface area contributed by atoms with Gasteiger partial charge in [-0.1, -0.05) is 13.3 Å². The van der Waals surface area contributed by atoms with E-state index < -0.39 is 0 Å². The molecule has 1 unspecified atom stereocenters. The quantitative estimate of drug-likeness (QED) is 0.838. The first-order chi connectivity index (χ1) is 7.58. The molecule has 1 aromatic heterocycles. The van der Waals surface area contributed by atoms with Crippen molar-refractivity contribution in [1.29, 1.82) is 0 Å². The minimum absolute atomic E-state index is 0.119. The van der Waals surface area contributed by atoms with Crippen molar-refractivity contribution >= 4 is 28.4 Å². The first kappa shape index (κ1) is 13.6. The molecule has 90 valence electrons. The zero-order chi connectivity index (χ0) is 12.1. The Morgan fingerprint density at radius 2 is 2.12 bits per heavy atom. The highest BCUT2D eigenvalue weighted by molar-refractivity contribution is 14.1. The molecule has 5 heteroatoms. The van der Waals surface area contributed by atoms with E-state index >= 15 is 0 Å². The minimum atomic E-state index is 0.119. The molecule has 0 bridgehead atoms. The monoisotopic (exact) mass is 335 g/mol. The highest BCUT2D eigenvalue weighted by atomic mass is 127. The van der Waals surface area contributed by atoms with Gasteiger partial charge in [0.1, 0.15) is 11.6 Å². The summed E-state index contributed by atoms with van der Waals surface area (Å²) >= 11 is 2.21. The van der Waals surface area contributed by atoms with Crippen LogP contribution in [0.15, 0.2) is 0 Å². The molecule has 1 rings (SSSR count). The summed E-state index contributed by atoms with van der Waals surface area (Å²) in [4.78, 5) is 8.81. The van der Waals surface area contributed by atoms with E-state index in [0.717, 1.165) is 27.9 Å². The molecule has 4 nitrogen and oxygen atoms in total. The third kappa shape index (κ3) is 3.55. The molecule has 0 saturated heterocycles. The number of hydrogen-bond donors (Lipinski definition) is 1. The number of nitrogen functional groups attached to an aromatic ring is 1. The summed E-state index contributed by atoms with van der Waals surface area (Å²) in [6, 6.07) is 0. The van der Waals surface area contributed by atoms with Gasteiger partial charge >= 0.3 is 0 Å². The fourth-order valence-electron chi connectivity index (χ4n) is 1.40. The van der Waals surface area contributed by atoms with Gasteiger partial charge in [0.15, 0.2) is 0 Å². The summed E-state index contributed by atoms with van der Waals surface area (Å²) in [6.45, 7) is 4.13. The molecule has 1 aromatic rings. The number of aryl methyl sites for hydroxylation is 1. The number of hydrogen-bond acceptors (Lipinski definition) is 4. The maximum Gasteiger partial charge on any atom is 0.140 e. The van der Waals surface area contributed by atoms with Crippen LogP contribution in [0.2, 0.25) is 0 Å². The Bertz CT molecular complexity index is 357. The van der Waals surface area contributed by atoms with Gasteiger partial charge in [-0.3, -0.25) is 0 Å².